The summed E-state index contributed by atoms with van der Waals surface area (Å²) >= 11 is 0. The zero-order valence-electron chi connectivity index (χ0n) is 30.1. The quantitative estimate of drug-likeness (QED) is 0.0525. The highest BCUT2D eigenvalue weighted by Gasteiger charge is 2.25. The van der Waals surface area contributed by atoms with E-state index in [2.05, 4.69) is 38.2 Å². The Labute approximate surface area is 280 Å². The van der Waals surface area contributed by atoms with E-state index in [0.717, 1.165) is 25.7 Å². The van der Waals surface area contributed by atoms with Crippen LogP contribution in [0.1, 0.15) is 194 Å². The van der Waals surface area contributed by atoms with Gasteiger partial charge in [0.05, 0.1) is 6.61 Å². The predicted molar refractivity (Wildman–Crippen MR) is 195 cm³/mol. The first-order valence-corrected chi connectivity index (χ1v) is 19.6. The lowest BCUT2D eigenvalue weighted by Gasteiger charge is -2.20. The number of carbonyl (C=O) groups is 1. The number of rotatable bonds is 37. The smallest absolute Gasteiger partial charge is 0.249 e. The molecule has 0 saturated heterocycles. The third-order valence-electron chi connectivity index (χ3n) is 8.67. The number of hydrogen-bond donors (Lipinski definition) is 2. The van der Waals surface area contributed by atoms with Crippen molar-refractivity contribution in [1.82, 2.24) is 0 Å². The van der Waals surface area contributed by atoms with Crippen LogP contribution in [0.5, 0.6) is 0 Å². The Morgan fingerprint density at radius 2 is 0.867 bits per heavy atom. The summed E-state index contributed by atoms with van der Waals surface area (Å²) in [6.07, 6.45) is 42.8. The summed E-state index contributed by atoms with van der Waals surface area (Å²) in [4.78, 5) is 11.8. The first kappa shape index (κ1) is 43.8. The molecule has 0 aliphatic heterocycles. The molecule has 0 aromatic heterocycles. The van der Waals surface area contributed by atoms with E-state index in [-0.39, 0.29) is 6.61 Å². The Balaban J connectivity index is 3.56. The van der Waals surface area contributed by atoms with Crippen molar-refractivity contribution < 1.29 is 19.4 Å². The summed E-state index contributed by atoms with van der Waals surface area (Å²) < 4.78 is 11.3. The van der Waals surface area contributed by atoms with Crippen LogP contribution in [-0.2, 0) is 14.3 Å². The molecule has 0 aromatic rings. The number of aliphatic hydroxyl groups is 1. The number of amides is 1. The molecule has 0 aromatic carbocycles. The number of unbranched alkanes of at least 4 members (excludes halogenated alkanes) is 24. The molecule has 5 heteroatoms. The van der Waals surface area contributed by atoms with Gasteiger partial charge in [0.1, 0.15) is 6.10 Å². The molecule has 0 aliphatic rings. The minimum absolute atomic E-state index is 0.0894. The van der Waals surface area contributed by atoms with Gasteiger partial charge in [-0.25, -0.2) is 0 Å². The van der Waals surface area contributed by atoms with Crippen molar-refractivity contribution in [2.75, 3.05) is 19.8 Å². The SMILES string of the molecule is CCCCCCCCC=CCCCCCCCCOCC(O)C(OCCCCCCCCC=CCCCCCCCC)C(N)=O. The molecule has 0 heterocycles. The van der Waals surface area contributed by atoms with E-state index in [1.807, 2.05) is 0 Å². The minimum Gasteiger partial charge on any atom is -0.387 e. The molecule has 0 spiro atoms. The van der Waals surface area contributed by atoms with Crippen LogP contribution in [0.3, 0.4) is 0 Å². The van der Waals surface area contributed by atoms with Gasteiger partial charge in [-0.15, -0.1) is 0 Å². The van der Waals surface area contributed by atoms with Crippen molar-refractivity contribution in [2.24, 2.45) is 5.73 Å². The number of aliphatic hydroxyl groups excluding tert-OH is 1. The second kappa shape index (κ2) is 37.3. The van der Waals surface area contributed by atoms with Gasteiger partial charge in [0, 0.05) is 13.2 Å². The zero-order chi connectivity index (χ0) is 32.9. The molecule has 266 valence electrons. The first-order chi connectivity index (χ1) is 22.1. The lowest BCUT2D eigenvalue weighted by molar-refractivity contribution is -0.141. The average molecular weight is 636 g/mol. The van der Waals surface area contributed by atoms with Crippen LogP contribution in [0.15, 0.2) is 24.3 Å². The van der Waals surface area contributed by atoms with Crippen molar-refractivity contribution in [1.29, 1.82) is 0 Å². The van der Waals surface area contributed by atoms with E-state index >= 15 is 0 Å². The van der Waals surface area contributed by atoms with Crippen LogP contribution in [0.25, 0.3) is 0 Å². The fourth-order valence-electron chi connectivity index (χ4n) is 5.69. The lowest BCUT2D eigenvalue weighted by Crippen LogP contribution is -2.43. The van der Waals surface area contributed by atoms with Crippen molar-refractivity contribution >= 4 is 5.91 Å². The minimum atomic E-state index is -1.01. The van der Waals surface area contributed by atoms with Crippen molar-refractivity contribution in [3.8, 4) is 0 Å². The highest BCUT2D eigenvalue weighted by molar-refractivity contribution is 5.79. The molecule has 0 aliphatic carbocycles. The molecule has 3 N–H and O–H groups in total. The summed E-state index contributed by atoms with van der Waals surface area (Å²) in [5.41, 5.74) is 5.49. The van der Waals surface area contributed by atoms with Gasteiger partial charge in [-0.2, -0.15) is 0 Å². The molecule has 0 radical (unpaired) electrons. The number of carbonyl (C=O) groups excluding carboxylic acids is 1. The summed E-state index contributed by atoms with van der Waals surface area (Å²) in [7, 11) is 0. The molecule has 5 nitrogen and oxygen atoms in total. The molecule has 1 amide bonds. The van der Waals surface area contributed by atoms with Gasteiger partial charge in [0.2, 0.25) is 5.91 Å². The fourth-order valence-corrected chi connectivity index (χ4v) is 5.69. The molecule has 0 saturated carbocycles. The van der Waals surface area contributed by atoms with E-state index in [0.29, 0.717) is 13.2 Å². The number of allylic oxidation sites excluding steroid dienone is 4. The van der Waals surface area contributed by atoms with E-state index in [4.69, 9.17) is 15.2 Å². The van der Waals surface area contributed by atoms with Gasteiger partial charge < -0.3 is 20.3 Å². The standard InChI is InChI=1S/C40H77NO4/c1-3-5-7-9-11-13-15-17-19-21-23-25-27-29-31-33-35-44-37-38(42)39(40(41)43)45-36-34-32-30-28-26-24-22-20-18-16-14-12-10-8-6-4-2/h17-20,38-39,42H,3-16,21-37H2,1-2H3,(H2,41,43). The van der Waals surface area contributed by atoms with Crippen LogP contribution >= 0.6 is 0 Å². The van der Waals surface area contributed by atoms with Gasteiger partial charge in [0.25, 0.3) is 0 Å². The van der Waals surface area contributed by atoms with Crippen LogP contribution in [0.4, 0.5) is 0 Å². The van der Waals surface area contributed by atoms with Crippen molar-refractivity contribution in [2.45, 2.75) is 206 Å². The Morgan fingerprint density at radius 1 is 0.533 bits per heavy atom. The fraction of sp³-hybridized carbons (Fsp3) is 0.875. The first-order valence-electron chi connectivity index (χ1n) is 19.6. The average Bonchev–Trinajstić information content (AvgIpc) is 3.03. The molecule has 2 unspecified atom stereocenters. The maximum atomic E-state index is 11.8. The Bertz CT molecular complexity index is 650. The van der Waals surface area contributed by atoms with E-state index in [9.17, 15) is 9.90 Å². The van der Waals surface area contributed by atoms with E-state index < -0.39 is 18.1 Å². The molecule has 0 bridgehead atoms. The van der Waals surface area contributed by atoms with Gasteiger partial charge in [0.15, 0.2) is 6.10 Å². The van der Waals surface area contributed by atoms with Crippen LogP contribution in [0.2, 0.25) is 0 Å². The van der Waals surface area contributed by atoms with Gasteiger partial charge in [-0.05, 0) is 64.2 Å². The number of hydrogen-bond acceptors (Lipinski definition) is 4. The van der Waals surface area contributed by atoms with Crippen LogP contribution in [0, 0.1) is 0 Å². The third kappa shape index (κ3) is 34.0. The number of nitrogens with two attached hydrogens (primary N) is 1. The Hall–Kier alpha value is -1.17. The van der Waals surface area contributed by atoms with Gasteiger partial charge in [-0.1, -0.05) is 154 Å². The van der Waals surface area contributed by atoms with E-state index in [1.54, 1.807) is 0 Å². The van der Waals surface area contributed by atoms with Gasteiger partial charge >= 0.3 is 0 Å². The monoisotopic (exact) mass is 636 g/mol. The van der Waals surface area contributed by atoms with E-state index in [1.165, 1.54) is 154 Å². The summed E-state index contributed by atoms with van der Waals surface area (Å²) in [5.74, 6) is -0.618. The lowest BCUT2D eigenvalue weighted by atomic mass is 10.1. The Morgan fingerprint density at radius 3 is 1.24 bits per heavy atom. The molecule has 0 rings (SSSR count). The topological polar surface area (TPSA) is 81.8 Å². The second-order valence-corrected chi connectivity index (χ2v) is 13.2. The normalized spacial score (nSPS) is 13.3. The van der Waals surface area contributed by atoms with Gasteiger partial charge in [-0.3, -0.25) is 4.79 Å². The summed E-state index contributed by atoms with van der Waals surface area (Å²) in [6, 6.07) is 0. The summed E-state index contributed by atoms with van der Waals surface area (Å²) in [6.45, 7) is 5.67. The van der Waals surface area contributed by atoms with Crippen molar-refractivity contribution in [3.05, 3.63) is 24.3 Å². The molecular formula is C40H77NO4. The van der Waals surface area contributed by atoms with Crippen molar-refractivity contribution in [3.63, 3.8) is 0 Å². The number of ether oxygens (including phenoxy) is 2. The predicted octanol–water partition coefficient (Wildman–Crippen LogP) is 11.3. The molecular weight excluding hydrogens is 558 g/mol. The maximum Gasteiger partial charge on any atom is 0.249 e. The molecule has 2 atom stereocenters. The largest absolute Gasteiger partial charge is 0.387 e. The number of primary amides is 1. The highest BCUT2D eigenvalue weighted by atomic mass is 16.5. The summed E-state index contributed by atoms with van der Waals surface area (Å²) in [5, 5.41) is 10.4. The van der Waals surface area contributed by atoms with Crippen LogP contribution < -0.4 is 5.73 Å². The molecule has 45 heavy (non-hydrogen) atoms. The highest BCUT2D eigenvalue weighted by Crippen LogP contribution is 2.12. The zero-order valence-corrected chi connectivity index (χ0v) is 30.1. The Kier molecular flexibility index (Phi) is 36.3. The third-order valence-corrected chi connectivity index (χ3v) is 8.67. The second-order valence-electron chi connectivity index (χ2n) is 13.2. The molecule has 0 fully saturated rings. The maximum absolute atomic E-state index is 11.8. The van der Waals surface area contributed by atoms with Crippen LogP contribution in [-0.4, -0.2) is 43.0 Å².